The molecule has 0 aliphatic carbocycles. The molecule has 172 valence electrons. The number of carbonyl (C=O) groups excluding carboxylic acids is 1. The lowest BCUT2D eigenvalue weighted by atomic mass is 10.1. The Kier molecular flexibility index (Phi) is 7.45. The quantitative estimate of drug-likeness (QED) is 0.504. The maximum absolute atomic E-state index is 13.6. The van der Waals surface area contributed by atoms with Gasteiger partial charge >= 0.3 is 0 Å². The maximum Gasteiger partial charge on any atom is 0.256 e. The first-order chi connectivity index (χ1) is 15.9. The minimum Gasteiger partial charge on any atom is -0.379 e. The van der Waals surface area contributed by atoms with Crippen molar-refractivity contribution in [3.63, 3.8) is 0 Å². The number of sulfonamides is 1. The number of nitrogens with zero attached hydrogens (tertiary/aromatic N) is 2. The fraction of sp³-hybridized carbons (Fsp3) is 0.240. The molecule has 0 bridgehead atoms. The predicted molar refractivity (Wildman–Crippen MR) is 127 cm³/mol. The van der Waals surface area contributed by atoms with Gasteiger partial charge in [-0.15, -0.1) is 0 Å². The van der Waals surface area contributed by atoms with Crippen LogP contribution in [0.4, 0.5) is 0 Å². The SMILES string of the molecule is O=C(c1cc(S(=O)(=O)N2CCOCC2)ccc1Cl)N(Cc1ccccc1)Cc1ccccc1. The van der Waals surface area contributed by atoms with Crippen LogP contribution in [-0.2, 0) is 27.8 Å². The Morgan fingerprint density at radius 3 is 1.97 bits per heavy atom. The van der Waals surface area contributed by atoms with Gasteiger partial charge in [-0.2, -0.15) is 4.31 Å². The highest BCUT2D eigenvalue weighted by Crippen LogP contribution is 2.26. The molecule has 3 aromatic carbocycles. The second kappa shape index (κ2) is 10.5. The molecular formula is C25H25ClN2O4S. The Bertz CT molecular complexity index is 1160. The molecule has 0 saturated carbocycles. The van der Waals surface area contributed by atoms with E-state index in [1.54, 1.807) is 4.90 Å². The molecule has 1 aliphatic heterocycles. The van der Waals surface area contributed by atoms with Crippen LogP contribution in [0.15, 0.2) is 83.8 Å². The summed E-state index contributed by atoms with van der Waals surface area (Å²) < 4.78 is 32.9. The molecule has 3 aromatic rings. The molecule has 1 saturated heterocycles. The van der Waals surface area contributed by atoms with E-state index in [4.69, 9.17) is 16.3 Å². The van der Waals surface area contributed by atoms with Gasteiger partial charge in [0.25, 0.3) is 5.91 Å². The monoisotopic (exact) mass is 484 g/mol. The minimum atomic E-state index is -3.75. The Balaban J connectivity index is 1.67. The van der Waals surface area contributed by atoms with Crippen molar-refractivity contribution in [1.82, 2.24) is 9.21 Å². The average molecular weight is 485 g/mol. The number of ether oxygens (including phenoxy) is 1. The van der Waals surface area contributed by atoms with Crippen LogP contribution in [-0.4, -0.2) is 49.8 Å². The van der Waals surface area contributed by atoms with E-state index in [-0.39, 0.29) is 34.5 Å². The van der Waals surface area contributed by atoms with Crippen molar-refractivity contribution >= 4 is 27.5 Å². The third kappa shape index (κ3) is 5.62. The van der Waals surface area contributed by atoms with E-state index in [0.29, 0.717) is 26.3 Å². The van der Waals surface area contributed by atoms with Crippen LogP contribution >= 0.6 is 11.6 Å². The topological polar surface area (TPSA) is 66.9 Å². The van der Waals surface area contributed by atoms with Gasteiger partial charge in [-0.05, 0) is 29.3 Å². The summed E-state index contributed by atoms with van der Waals surface area (Å²) in [6.45, 7) is 1.99. The highest BCUT2D eigenvalue weighted by atomic mass is 35.5. The van der Waals surface area contributed by atoms with Crippen LogP contribution in [0, 0.1) is 0 Å². The minimum absolute atomic E-state index is 0.0523. The molecule has 0 N–H and O–H groups in total. The van der Waals surface area contributed by atoms with Gasteiger partial charge < -0.3 is 9.64 Å². The van der Waals surface area contributed by atoms with Crippen LogP contribution < -0.4 is 0 Å². The molecule has 4 rings (SSSR count). The zero-order valence-corrected chi connectivity index (χ0v) is 19.6. The maximum atomic E-state index is 13.6. The molecule has 0 radical (unpaired) electrons. The number of rotatable bonds is 7. The summed E-state index contributed by atoms with van der Waals surface area (Å²) >= 11 is 6.40. The summed E-state index contributed by atoms with van der Waals surface area (Å²) in [5.74, 6) is -0.327. The Morgan fingerprint density at radius 2 is 1.42 bits per heavy atom. The third-order valence-electron chi connectivity index (χ3n) is 5.50. The van der Waals surface area contributed by atoms with Crippen molar-refractivity contribution in [3.8, 4) is 0 Å². The lowest BCUT2D eigenvalue weighted by Gasteiger charge is -2.27. The number of morpholine rings is 1. The molecule has 1 fully saturated rings. The van der Waals surface area contributed by atoms with E-state index in [9.17, 15) is 13.2 Å². The van der Waals surface area contributed by atoms with Gasteiger partial charge in [0.15, 0.2) is 0 Å². The van der Waals surface area contributed by atoms with Crippen LogP contribution in [0.3, 0.4) is 0 Å². The van der Waals surface area contributed by atoms with E-state index in [1.165, 1.54) is 22.5 Å². The number of benzene rings is 3. The smallest absolute Gasteiger partial charge is 0.256 e. The highest BCUT2D eigenvalue weighted by Gasteiger charge is 2.28. The largest absolute Gasteiger partial charge is 0.379 e. The highest BCUT2D eigenvalue weighted by molar-refractivity contribution is 7.89. The molecule has 0 aromatic heterocycles. The number of halogens is 1. The van der Waals surface area contributed by atoms with Gasteiger partial charge in [-0.3, -0.25) is 4.79 Å². The number of hydrogen-bond acceptors (Lipinski definition) is 4. The summed E-state index contributed by atoms with van der Waals surface area (Å²) in [6, 6.07) is 23.6. The zero-order chi connectivity index (χ0) is 23.3. The van der Waals surface area contributed by atoms with E-state index in [0.717, 1.165) is 11.1 Å². The Morgan fingerprint density at radius 1 is 0.879 bits per heavy atom. The van der Waals surface area contributed by atoms with E-state index < -0.39 is 10.0 Å². The van der Waals surface area contributed by atoms with Crippen molar-refractivity contribution in [2.24, 2.45) is 0 Å². The van der Waals surface area contributed by atoms with Gasteiger partial charge in [-0.25, -0.2) is 8.42 Å². The molecular weight excluding hydrogens is 460 g/mol. The van der Waals surface area contributed by atoms with Crippen LogP contribution in [0.2, 0.25) is 5.02 Å². The lowest BCUT2D eigenvalue weighted by Crippen LogP contribution is -2.40. The van der Waals surface area contributed by atoms with Gasteiger partial charge in [-0.1, -0.05) is 72.3 Å². The van der Waals surface area contributed by atoms with Gasteiger partial charge in [0.1, 0.15) is 0 Å². The summed E-state index contributed by atoms with van der Waals surface area (Å²) in [4.78, 5) is 15.4. The molecule has 0 atom stereocenters. The summed E-state index contributed by atoms with van der Waals surface area (Å²) in [6.07, 6.45) is 0. The van der Waals surface area contributed by atoms with E-state index in [1.807, 2.05) is 60.7 Å². The second-order valence-corrected chi connectivity index (χ2v) is 10.1. The summed E-state index contributed by atoms with van der Waals surface area (Å²) in [5.41, 5.74) is 2.10. The van der Waals surface area contributed by atoms with Crippen LogP contribution in [0.5, 0.6) is 0 Å². The first-order valence-electron chi connectivity index (χ1n) is 10.7. The lowest BCUT2D eigenvalue weighted by molar-refractivity contribution is 0.0725. The number of carbonyl (C=O) groups is 1. The first-order valence-corrected chi connectivity index (χ1v) is 12.5. The molecule has 0 spiro atoms. The molecule has 6 nitrogen and oxygen atoms in total. The molecule has 8 heteroatoms. The fourth-order valence-electron chi connectivity index (χ4n) is 3.74. The predicted octanol–water partition coefficient (Wildman–Crippen LogP) is 4.20. The van der Waals surface area contributed by atoms with Crippen LogP contribution in [0.1, 0.15) is 21.5 Å². The molecule has 0 unspecified atom stereocenters. The molecule has 1 heterocycles. The zero-order valence-electron chi connectivity index (χ0n) is 18.1. The standard InChI is InChI=1S/C25H25ClN2O4S/c26-24-12-11-22(33(30,31)28-13-15-32-16-14-28)17-23(24)25(29)27(18-20-7-3-1-4-8-20)19-21-9-5-2-6-10-21/h1-12,17H,13-16,18-19H2. The van der Waals surface area contributed by atoms with E-state index >= 15 is 0 Å². The Hall–Kier alpha value is -2.71. The molecule has 1 amide bonds. The van der Waals surface area contributed by atoms with Gasteiger partial charge in [0.2, 0.25) is 10.0 Å². The van der Waals surface area contributed by atoms with Crippen molar-refractivity contribution in [2.45, 2.75) is 18.0 Å². The van der Waals surface area contributed by atoms with Crippen LogP contribution in [0.25, 0.3) is 0 Å². The Labute approximate surface area is 199 Å². The van der Waals surface area contributed by atoms with Gasteiger partial charge in [0, 0.05) is 26.2 Å². The van der Waals surface area contributed by atoms with Crippen molar-refractivity contribution in [1.29, 1.82) is 0 Å². The van der Waals surface area contributed by atoms with Crippen molar-refractivity contribution in [3.05, 3.63) is 101 Å². The average Bonchev–Trinajstić information content (AvgIpc) is 2.85. The molecule has 33 heavy (non-hydrogen) atoms. The summed E-state index contributed by atoms with van der Waals surface area (Å²) in [5, 5.41) is 0.215. The van der Waals surface area contributed by atoms with E-state index in [2.05, 4.69) is 0 Å². The second-order valence-electron chi connectivity index (χ2n) is 7.79. The van der Waals surface area contributed by atoms with Crippen molar-refractivity contribution < 1.29 is 17.9 Å². The molecule has 1 aliphatic rings. The summed E-state index contributed by atoms with van der Waals surface area (Å²) in [7, 11) is -3.75. The number of amides is 1. The third-order valence-corrected chi connectivity index (χ3v) is 7.72. The van der Waals surface area contributed by atoms with Gasteiger partial charge in [0.05, 0.1) is 28.7 Å². The fourth-order valence-corrected chi connectivity index (χ4v) is 5.38. The number of hydrogen-bond donors (Lipinski definition) is 0. The van der Waals surface area contributed by atoms with Crippen molar-refractivity contribution in [2.75, 3.05) is 26.3 Å². The first kappa shape index (κ1) is 23.4. The normalized spacial score (nSPS) is 14.7.